The summed E-state index contributed by atoms with van der Waals surface area (Å²) in [7, 11) is 0. The van der Waals surface area contributed by atoms with E-state index in [9.17, 15) is 4.79 Å². The van der Waals surface area contributed by atoms with Crippen molar-refractivity contribution in [3.63, 3.8) is 0 Å². The SMILES string of the molecule is N#Cc1ccc(NCC(=O)CCl)cc1. The molecule has 0 saturated heterocycles. The second kappa shape index (κ2) is 5.25. The fourth-order valence-corrected chi connectivity index (χ4v) is 1.00. The van der Waals surface area contributed by atoms with Gasteiger partial charge in [0.05, 0.1) is 24.1 Å². The quantitative estimate of drug-likeness (QED) is 0.768. The minimum atomic E-state index is -0.0592. The second-order valence-corrected chi connectivity index (χ2v) is 2.98. The predicted octanol–water partition coefficient (Wildman–Crippen LogP) is 1.78. The van der Waals surface area contributed by atoms with Gasteiger partial charge in [0, 0.05) is 5.69 Å². The molecule has 72 valence electrons. The number of hydrogen-bond donors (Lipinski definition) is 1. The molecule has 0 spiro atoms. The normalized spacial score (nSPS) is 9.14. The number of nitrogens with zero attached hydrogens (tertiary/aromatic N) is 1. The Morgan fingerprint density at radius 1 is 1.43 bits per heavy atom. The lowest BCUT2D eigenvalue weighted by Crippen LogP contribution is -2.14. The van der Waals surface area contributed by atoms with E-state index < -0.39 is 0 Å². The van der Waals surface area contributed by atoms with Crippen LogP contribution in [0.15, 0.2) is 24.3 Å². The second-order valence-electron chi connectivity index (χ2n) is 2.72. The monoisotopic (exact) mass is 208 g/mol. The van der Waals surface area contributed by atoms with Gasteiger partial charge in [-0.2, -0.15) is 5.26 Å². The summed E-state index contributed by atoms with van der Waals surface area (Å²) in [5.74, 6) is -0.0421. The Hall–Kier alpha value is -1.53. The lowest BCUT2D eigenvalue weighted by Gasteiger charge is -2.03. The number of nitriles is 1. The highest BCUT2D eigenvalue weighted by Crippen LogP contribution is 2.07. The molecule has 0 aliphatic heterocycles. The van der Waals surface area contributed by atoms with Crippen LogP contribution in [0.3, 0.4) is 0 Å². The Kier molecular flexibility index (Phi) is 3.96. The van der Waals surface area contributed by atoms with Crippen LogP contribution in [0, 0.1) is 11.3 Å². The standard InChI is InChI=1S/C10H9ClN2O/c11-5-10(14)7-13-9-3-1-8(6-12)2-4-9/h1-4,13H,5,7H2. The zero-order valence-corrected chi connectivity index (χ0v) is 8.21. The molecule has 1 N–H and O–H groups in total. The summed E-state index contributed by atoms with van der Waals surface area (Å²) in [6.45, 7) is 0.218. The molecule has 0 aromatic heterocycles. The van der Waals surface area contributed by atoms with Gasteiger partial charge in [-0.15, -0.1) is 11.6 Å². The minimum absolute atomic E-state index is 0.0171. The maximum atomic E-state index is 10.9. The Morgan fingerprint density at radius 2 is 2.07 bits per heavy atom. The number of alkyl halides is 1. The molecule has 0 heterocycles. The number of carbonyl (C=O) groups is 1. The molecule has 0 radical (unpaired) electrons. The summed E-state index contributed by atoms with van der Waals surface area (Å²) in [5.41, 5.74) is 1.40. The smallest absolute Gasteiger partial charge is 0.166 e. The Balaban J connectivity index is 2.53. The molecular weight excluding hydrogens is 200 g/mol. The molecule has 0 amide bonds. The van der Waals surface area contributed by atoms with Crippen molar-refractivity contribution < 1.29 is 4.79 Å². The van der Waals surface area contributed by atoms with Crippen molar-refractivity contribution in [1.29, 1.82) is 5.26 Å². The Bertz CT molecular complexity index is 353. The molecule has 1 aromatic carbocycles. The average Bonchev–Trinajstić information content (AvgIpc) is 2.26. The topological polar surface area (TPSA) is 52.9 Å². The molecule has 0 bridgehead atoms. The van der Waals surface area contributed by atoms with Crippen molar-refractivity contribution in [2.45, 2.75) is 0 Å². The van der Waals surface area contributed by atoms with Crippen LogP contribution < -0.4 is 5.32 Å². The van der Waals surface area contributed by atoms with Crippen molar-refractivity contribution in [1.82, 2.24) is 0 Å². The van der Waals surface area contributed by atoms with Gasteiger partial charge in [-0.25, -0.2) is 0 Å². The van der Waals surface area contributed by atoms with Crippen LogP contribution in [0.1, 0.15) is 5.56 Å². The molecule has 0 aliphatic rings. The van der Waals surface area contributed by atoms with E-state index in [-0.39, 0.29) is 18.2 Å². The van der Waals surface area contributed by atoms with E-state index in [1.807, 2.05) is 6.07 Å². The number of anilines is 1. The third kappa shape index (κ3) is 3.08. The molecule has 0 aliphatic carbocycles. The first kappa shape index (κ1) is 10.6. The maximum Gasteiger partial charge on any atom is 0.166 e. The van der Waals surface area contributed by atoms with E-state index in [0.29, 0.717) is 5.56 Å². The number of benzene rings is 1. The fraction of sp³-hybridized carbons (Fsp3) is 0.200. The molecule has 3 nitrogen and oxygen atoms in total. The van der Waals surface area contributed by atoms with Gasteiger partial charge in [0.1, 0.15) is 0 Å². The van der Waals surface area contributed by atoms with Gasteiger partial charge in [0.15, 0.2) is 5.78 Å². The molecule has 14 heavy (non-hydrogen) atoms. The maximum absolute atomic E-state index is 10.9. The van der Waals surface area contributed by atoms with Crippen molar-refractivity contribution in [2.24, 2.45) is 0 Å². The Labute approximate surface area is 87.3 Å². The van der Waals surface area contributed by atoms with Gasteiger partial charge in [-0.3, -0.25) is 4.79 Å². The van der Waals surface area contributed by atoms with Crippen molar-refractivity contribution in [3.8, 4) is 6.07 Å². The summed E-state index contributed by atoms with van der Waals surface area (Å²) >= 11 is 5.33. The van der Waals surface area contributed by atoms with Gasteiger partial charge in [-0.1, -0.05) is 0 Å². The largest absolute Gasteiger partial charge is 0.378 e. The van der Waals surface area contributed by atoms with E-state index in [1.54, 1.807) is 24.3 Å². The molecule has 1 aromatic rings. The molecule has 0 fully saturated rings. The highest BCUT2D eigenvalue weighted by molar-refractivity contribution is 6.28. The first-order chi connectivity index (χ1) is 6.76. The van der Waals surface area contributed by atoms with Crippen LogP contribution in [-0.2, 0) is 4.79 Å². The summed E-state index contributed by atoms with van der Waals surface area (Å²) < 4.78 is 0. The average molecular weight is 209 g/mol. The first-order valence-electron chi connectivity index (χ1n) is 4.08. The number of hydrogen-bond acceptors (Lipinski definition) is 3. The third-order valence-electron chi connectivity index (χ3n) is 1.65. The zero-order valence-electron chi connectivity index (χ0n) is 7.46. The van der Waals surface area contributed by atoms with Crippen LogP contribution in [0.2, 0.25) is 0 Å². The number of carbonyl (C=O) groups excluding carboxylic acids is 1. The van der Waals surface area contributed by atoms with Crippen molar-refractivity contribution in [2.75, 3.05) is 17.7 Å². The number of rotatable bonds is 4. The van der Waals surface area contributed by atoms with Crippen LogP contribution in [-0.4, -0.2) is 18.2 Å². The van der Waals surface area contributed by atoms with Crippen molar-refractivity contribution in [3.05, 3.63) is 29.8 Å². The van der Waals surface area contributed by atoms with E-state index in [2.05, 4.69) is 5.32 Å². The Morgan fingerprint density at radius 3 is 2.57 bits per heavy atom. The lowest BCUT2D eigenvalue weighted by atomic mass is 10.2. The summed E-state index contributed by atoms with van der Waals surface area (Å²) in [5, 5.41) is 11.4. The van der Waals surface area contributed by atoms with E-state index in [4.69, 9.17) is 16.9 Å². The number of nitrogens with one attached hydrogen (secondary N) is 1. The van der Waals surface area contributed by atoms with Crippen LogP contribution in [0.25, 0.3) is 0 Å². The fourth-order valence-electron chi connectivity index (χ4n) is 0.911. The van der Waals surface area contributed by atoms with Crippen LogP contribution in [0.5, 0.6) is 0 Å². The van der Waals surface area contributed by atoms with Gasteiger partial charge in [0.2, 0.25) is 0 Å². The molecule has 0 saturated carbocycles. The van der Waals surface area contributed by atoms with Crippen molar-refractivity contribution >= 4 is 23.1 Å². The van der Waals surface area contributed by atoms with E-state index >= 15 is 0 Å². The summed E-state index contributed by atoms with van der Waals surface area (Å²) in [4.78, 5) is 10.9. The number of halogens is 1. The zero-order chi connectivity index (χ0) is 10.4. The van der Waals surface area contributed by atoms with Crippen LogP contribution >= 0.6 is 11.6 Å². The van der Waals surface area contributed by atoms with Gasteiger partial charge < -0.3 is 5.32 Å². The van der Waals surface area contributed by atoms with Gasteiger partial charge in [-0.05, 0) is 24.3 Å². The molecule has 0 atom stereocenters. The lowest BCUT2D eigenvalue weighted by molar-refractivity contribution is -0.115. The highest BCUT2D eigenvalue weighted by atomic mass is 35.5. The van der Waals surface area contributed by atoms with Gasteiger partial charge in [0.25, 0.3) is 0 Å². The van der Waals surface area contributed by atoms with Gasteiger partial charge >= 0.3 is 0 Å². The van der Waals surface area contributed by atoms with E-state index in [1.165, 1.54) is 0 Å². The number of ketones is 1. The molecular formula is C10H9ClN2O. The molecule has 0 unspecified atom stereocenters. The highest BCUT2D eigenvalue weighted by Gasteiger charge is 1.98. The number of Topliss-reactive ketones (excluding diaryl/α,β-unsaturated/α-hetero) is 1. The molecule has 1 rings (SSSR count). The molecule has 4 heteroatoms. The summed E-state index contributed by atoms with van der Waals surface area (Å²) in [6.07, 6.45) is 0. The predicted molar refractivity (Wildman–Crippen MR) is 55.4 cm³/mol. The summed E-state index contributed by atoms with van der Waals surface area (Å²) in [6, 6.07) is 8.89. The minimum Gasteiger partial charge on any atom is -0.378 e. The third-order valence-corrected chi connectivity index (χ3v) is 1.95. The van der Waals surface area contributed by atoms with E-state index in [0.717, 1.165) is 5.69 Å². The first-order valence-corrected chi connectivity index (χ1v) is 4.61. The van der Waals surface area contributed by atoms with Crippen LogP contribution in [0.4, 0.5) is 5.69 Å².